The van der Waals surface area contributed by atoms with Crippen LogP contribution in [0.3, 0.4) is 0 Å². The molecule has 1 rings (SSSR count). The summed E-state index contributed by atoms with van der Waals surface area (Å²) in [5.41, 5.74) is 0. The molecular formula is C76H145NO10. The molecule has 1 aliphatic heterocycles. The minimum atomic E-state index is -1.67. The highest BCUT2D eigenvalue weighted by molar-refractivity contribution is 5.80. The Morgan fingerprint density at radius 1 is 0.391 bits per heavy atom. The molecule has 0 aromatic heterocycles. The molecule has 11 heteroatoms. The summed E-state index contributed by atoms with van der Waals surface area (Å²) in [7, 11) is 0. The van der Waals surface area contributed by atoms with Crippen LogP contribution in [0.1, 0.15) is 373 Å². The number of hydrogen-bond acceptors (Lipinski definition) is 10. The Hall–Kier alpha value is -1.67. The predicted octanol–water partition coefficient (Wildman–Crippen LogP) is 18.9. The second-order valence-corrected chi connectivity index (χ2v) is 26.7. The lowest BCUT2D eigenvalue weighted by molar-refractivity contribution is -0.303. The van der Waals surface area contributed by atoms with Gasteiger partial charge >= 0.3 is 0 Å². The molecule has 0 saturated carbocycles. The third-order valence-corrected chi connectivity index (χ3v) is 18.4. The normalized spacial score (nSPS) is 18.8. The molecule has 1 amide bonds. The molecule has 87 heavy (non-hydrogen) atoms. The average Bonchev–Trinajstić information content (AvgIpc) is 2.02. The van der Waals surface area contributed by atoms with Crippen molar-refractivity contribution in [2.45, 2.75) is 428 Å². The monoisotopic (exact) mass is 1230 g/mol. The van der Waals surface area contributed by atoms with Crippen molar-refractivity contribution in [1.29, 1.82) is 0 Å². The molecule has 1 heterocycles. The van der Waals surface area contributed by atoms with E-state index in [4.69, 9.17) is 9.47 Å². The van der Waals surface area contributed by atoms with E-state index in [0.29, 0.717) is 19.3 Å². The fourth-order valence-corrected chi connectivity index (χ4v) is 12.4. The number of carbonyl (C=O) groups excluding carboxylic acids is 1. The zero-order valence-electron chi connectivity index (χ0n) is 57.0. The molecule has 1 fully saturated rings. The first-order valence-corrected chi connectivity index (χ1v) is 37.9. The Morgan fingerprint density at radius 2 is 0.690 bits per heavy atom. The zero-order chi connectivity index (χ0) is 63.1. The van der Waals surface area contributed by atoms with Crippen LogP contribution < -0.4 is 5.32 Å². The first kappa shape index (κ1) is 83.3. The number of ether oxygens (including phenoxy) is 2. The van der Waals surface area contributed by atoms with E-state index in [1.165, 1.54) is 283 Å². The molecule has 0 radical (unpaired) electrons. The minimum absolute atomic E-state index is 0.243. The summed E-state index contributed by atoms with van der Waals surface area (Å²) in [6, 6.07) is -1.19. The van der Waals surface area contributed by atoms with Gasteiger partial charge in [-0.25, -0.2) is 0 Å². The number of aliphatic hydroxyl groups excluding tert-OH is 7. The molecular weight excluding hydrogens is 1090 g/mol. The van der Waals surface area contributed by atoms with Crippen LogP contribution in [-0.4, -0.2) is 110 Å². The molecule has 9 atom stereocenters. The molecule has 0 spiro atoms. The van der Waals surface area contributed by atoms with E-state index in [9.17, 15) is 40.5 Å². The lowest BCUT2D eigenvalue weighted by Crippen LogP contribution is -2.60. The van der Waals surface area contributed by atoms with E-state index in [1.54, 1.807) is 0 Å². The fraction of sp³-hybridized carbons (Fsp3) is 0.908. The highest BCUT2D eigenvalue weighted by atomic mass is 16.7. The van der Waals surface area contributed by atoms with Gasteiger partial charge in [0.15, 0.2) is 6.29 Å². The standard InChI is InChI=1S/C76H145NO10/c1-3-5-7-9-11-13-15-17-19-21-23-25-27-28-29-30-31-32-33-34-35-36-37-38-39-40-41-42-44-46-48-50-52-54-56-58-60-62-64-69(80)75(85)77-67(66-86-76-74(84)73(83)72(82)70(65-78)87-76)71(81)68(79)63-61-59-57-55-53-51-49-47-45-43-26-24-22-20-18-16-14-12-10-8-6-4-2/h24,26,47,49,55,57,67-74,76,78-84H,3-23,25,27-46,48,50-54,56,58-66H2,1-2H3,(H,77,85)/b26-24+,49-47+,57-55+. The van der Waals surface area contributed by atoms with E-state index < -0.39 is 74.2 Å². The van der Waals surface area contributed by atoms with Crippen molar-refractivity contribution in [3.05, 3.63) is 36.5 Å². The summed E-state index contributed by atoms with van der Waals surface area (Å²) in [5, 5.41) is 76.5. The van der Waals surface area contributed by atoms with Crippen LogP contribution in [0.15, 0.2) is 36.5 Å². The quantitative estimate of drug-likeness (QED) is 0.0215. The molecule has 0 aromatic carbocycles. The Morgan fingerprint density at radius 3 is 1.02 bits per heavy atom. The summed E-state index contributed by atoms with van der Waals surface area (Å²) in [5.74, 6) is -0.706. The summed E-state index contributed by atoms with van der Waals surface area (Å²) in [6.45, 7) is 3.49. The predicted molar refractivity (Wildman–Crippen MR) is 367 cm³/mol. The van der Waals surface area contributed by atoms with Crippen molar-refractivity contribution in [2.75, 3.05) is 13.2 Å². The summed E-state index contributed by atoms with van der Waals surface area (Å²) >= 11 is 0. The maximum absolute atomic E-state index is 13.3. The Balaban J connectivity index is 2.13. The fourth-order valence-electron chi connectivity index (χ4n) is 12.4. The lowest BCUT2D eigenvalue weighted by Gasteiger charge is -2.40. The SMILES string of the molecule is CCCCCCCCCCC/C=C/CC/C=C/CC/C=C/CCCC(O)C(O)C(COC1OC(CO)C(O)C(O)C1O)NC(=O)C(O)CCCCCCCCCCCCCCCCCCCCCCCCCCCCCCCCCCCCCCCC. The lowest BCUT2D eigenvalue weighted by atomic mass is 9.98. The second-order valence-electron chi connectivity index (χ2n) is 26.7. The van der Waals surface area contributed by atoms with Gasteiger partial charge in [-0.15, -0.1) is 0 Å². The highest BCUT2D eigenvalue weighted by Gasteiger charge is 2.44. The van der Waals surface area contributed by atoms with E-state index in [2.05, 4.69) is 55.6 Å². The van der Waals surface area contributed by atoms with Crippen molar-refractivity contribution in [2.24, 2.45) is 0 Å². The van der Waals surface area contributed by atoms with Crippen molar-refractivity contribution in [3.8, 4) is 0 Å². The number of allylic oxidation sites excluding steroid dienone is 6. The van der Waals surface area contributed by atoms with Crippen LogP contribution in [-0.2, 0) is 14.3 Å². The van der Waals surface area contributed by atoms with Crippen LogP contribution in [0.25, 0.3) is 0 Å². The van der Waals surface area contributed by atoms with Gasteiger partial charge in [0, 0.05) is 0 Å². The smallest absolute Gasteiger partial charge is 0.249 e. The Bertz CT molecular complexity index is 1510. The number of carbonyl (C=O) groups is 1. The Labute approximate surface area is 537 Å². The number of rotatable bonds is 67. The van der Waals surface area contributed by atoms with Gasteiger partial charge in [0.2, 0.25) is 5.91 Å². The number of aliphatic hydroxyl groups is 7. The maximum atomic E-state index is 13.3. The average molecular weight is 1230 g/mol. The number of unbranched alkanes of at least 4 members (excludes halogenated alkanes) is 49. The number of nitrogens with one attached hydrogen (secondary N) is 1. The first-order chi connectivity index (χ1) is 42.7. The summed E-state index contributed by atoms with van der Waals surface area (Å²) in [4.78, 5) is 13.3. The summed E-state index contributed by atoms with van der Waals surface area (Å²) in [6.07, 6.45) is 72.6. The second kappa shape index (κ2) is 64.4. The largest absolute Gasteiger partial charge is 0.394 e. The van der Waals surface area contributed by atoms with Gasteiger partial charge in [-0.3, -0.25) is 4.79 Å². The zero-order valence-corrected chi connectivity index (χ0v) is 57.0. The van der Waals surface area contributed by atoms with E-state index in [-0.39, 0.29) is 12.8 Å². The van der Waals surface area contributed by atoms with Gasteiger partial charge in [0.1, 0.15) is 36.6 Å². The molecule has 0 aliphatic carbocycles. The molecule has 514 valence electrons. The molecule has 0 aromatic rings. The van der Waals surface area contributed by atoms with Gasteiger partial charge in [0.05, 0.1) is 25.4 Å². The minimum Gasteiger partial charge on any atom is -0.394 e. The highest BCUT2D eigenvalue weighted by Crippen LogP contribution is 2.24. The van der Waals surface area contributed by atoms with Crippen LogP contribution in [0.4, 0.5) is 0 Å². The Kier molecular flexibility index (Phi) is 61.7. The van der Waals surface area contributed by atoms with Crippen molar-refractivity contribution >= 4 is 5.91 Å². The van der Waals surface area contributed by atoms with Crippen LogP contribution in [0.5, 0.6) is 0 Å². The molecule has 11 nitrogen and oxygen atoms in total. The molecule has 0 bridgehead atoms. The van der Waals surface area contributed by atoms with Gasteiger partial charge in [-0.2, -0.15) is 0 Å². The summed E-state index contributed by atoms with van der Waals surface area (Å²) < 4.78 is 11.2. The van der Waals surface area contributed by atoms with Gasteiger partial charge in [-0.05, 0) is 64.2 Å². The van der Waals surface area contributed by atoms with E-state index in [1.807, 2.05) is 0 Å². The van der Waals surface area contributed by atoms with Crippen molar-refractivity contribution < 1.29 is 50.0 Å². The number of hydrogen-bond donors (Lipinski definition) is 8. The van der Waals surface area contributed by atoms with Crippen LogP contribution in [0.2, 0.25) is 0 Å². The van der Waals surface area contributed by atoms with Crippen LogP contribution in [0, 0.1) is 0 Å². The molecule has 1 saturated heterocycles. The molecule has 8 N–H and O–H groups in total. The molecule has 1 aliphatic rings. The van der Waals surface area contributed by atoms with E-state index in [0.717, 1.165) is 44.9 Å². The van der Waals surface area contributed by atoms with Gasteiger partial charge < -0.3 is 50.5 Å². The van der Waals surface area contributed by atoms with Crippen LogP contribution >= 0.6 is 0 Å². The third-order valence-electron chi connectivity index (χ3n) is 18.4. The van der Waals surface area contributed by atoms with Crippen molar-refractivity contribution in [1.82, 2.24) is 5.32 Å². The maximum Gasteiger partial charge on any atom is 0.249 e. The number of amides is 1. The van der Waals surface area contributed by atoms with Gasteiger partial charge in [-0.1, -0.05) is 346 Å². The third kappa shape index (κ3) is 51.5. The van der Waals surface area contributed by atoms with Crippen molar-refractivity contribution in [3.63, 3.8) is 0 Å². The molecule has 9 unspecified atom stereocenters. The van der Waals surface area contributed by atoms with Gasteiger partial charge in [0.25, 0.3) is 0 Å². The van der Waals surface area contributed by atoms with E-state index >= 15 is 0 Å². The first-order valence-electron chi connectivity index (χ1n) is 37.9. The topological polar surface area (TPSA) is 189 Å².